The maximum Gasteiger partial charge on any atom is 0.573 e. The van der Waals surface area contributed by atoms with Crippen LogP contribution < -0.4 is 10.5 Å². The van der Waals surface area contributed by atoms with E-state index in [0.29, 0.717) is 17.2 Å². The number of aromatic nitrogens is 3. The van der Waals surface area contributed by atoms with Crippen LogP contribution in [0.25, 0.3) is 11.3 Å². The molecule has 0 spiro atoms. The van der Waals surface area contributed by atoms with Crippen LogP contribution in [-0.4, -0.2) is 58.6 Å². The van der Waals surface area contributed by atoms with Crippen molar-refractivity contribution in [3.05, 3.63) is 24.3 Å². The second-order valence-electron chi connectivity index (χ2n) is 8.51. The highest BCUT2D eigenvalue weighted by Crippen LogP contribution is 2.46. The number of alkyl halides is 3. The molecule has 7 nitrogen and oxygen atoms in total. The fourth-order valence-electron chi connectivity index (χ4n) is 4.02. The minimum atomic E-state index is -4.80. The lowest BCUT2D eigenvalue weighted by molar-refractivity contribution is -0.274. The number of H-pyrrole nitrogens is 1. The van der Waals surface area contributed by atoms with Crippen LogP contribution in [0.2, 0.25) is 0 Å². The van der Waals surface area contributed by atoms with Crippen LogP contribution >= 0.6 is 0 Å². The van der Waals surface area contributed by atoms with Gasteiger partial charge in [0.25, 0.3) is 0 Å². The molecule has 4 aliphatic rings. The number of nitrogens with one attached hydrogen (secondary N) is 1. The van der Waals surface area contributed by atoms with Crippen molar-refractivity contribution >= 4 is 5.82 Å². The topological polar surface area (TPSA) is 89.3 Å². The summed E-state index contributed by atoms with van der Waals surface area (Å²) in [4.78, 5) is 13.6. The zero-order chi connectivity index (χ0) is 20.9. The van der Waals surface area contributed by atoms with Gasteiger partial charge < -0.3 is 20.2 Å². The Hall–Kier alpha value is -2.33. The Balaban J connectivity index is 0.000000159. The van der Waals surface area contributed by atoms with Crippen molar-refractivity contribution in [1.82, 2.24) is 19.9 Å². The quantitative estimate of drug-likeness (QED) is 0.785. The number of ether oxygens (including phenoxy) is 2. The first-order valence-electron chi connectivity index (χ1n) is 10.2. The number of hydrogen-bond donors (Lipinski definition) is 2. The summed E-state index contributed by atoms with van der Waals surface area (Å²) in [5.74, 6) is 2.61. The van der Waals surface area contributed by atoms with E-state index in [4.69, 9.17) is 10.5 Å². The number of fused-ring (bicyclic) bond motifs is 1. The number of nitrogens with zero attached hydrogens (tertiary/aromatic N) is 3. The molecule has 6 rings (SSSR count). The fraction of sp³-hybridized carbons (Fsp3) is 0.600. The lowest BCUT2D eigenvalue weighted by Crippen LogP contribution is -2.48. The number of aromatic amines is 1. The number of anilines is 1. The standard InChI is InChI=1S/C12H11F3N4O.C8H13NO/c13-12(14,15)20-9-3-7(4-17-10(9)16)8-5-18-11(19-8)6-1-2-6;1-6-2-9(3-7(1)6)8-4-10-5-8/h3-6H,1-2H2,(H2,16,17)(H,18,19);6-8H,1-5H2. The normalized spacial score (nSPS) is 25.8. The van der Waals surface area contributed by atoms with Crippen LogP contribution in [0.1, 0.15) is 31.0 Å². The molecule has 0 amide bonds. The average molecular weight is 423 g/mol. The second kappa shape index (κ2) is 7.42. The molecule has 2 aromatic heterocycles. The zero-order valence-corrected chi connectivity index (χ0v) is 16.4. The maximum atomic E-state index is 12.2. The van der Waals surface area contributed by atoms with Crippen LogP contribution in [0.3, 0.4) is 0 Å². The first-order valence-corrected chi connectivity index (χ1v) is 10.2. The van der Waals surface area contributed by atoms with Crippen LogP contribution in [-0.2, 0) is 4.74 Å². The van der Waals surface area contributed by atoms with E-state index in [9.17, 15) is 13.2 Å². The van der Waals surface area contributed by atoms with E-state index in [1.165, 1.54) is 31.8 Å². The molecule has 0 radical (unpaired) electrons. The third kappa shape index (κ3) is 4.39. The van der Waals surface area contributed by atoms with Crippen molar-refractivity contribution in [1.29, 1.82) is 0 Å². The number of nitrogen functional groups attached to an aromatic ring is 1. The van der Waals surface area contributed by atoms with Gasteiger partial charge in [-0.15, -0.1) is 13.2 Å². The highest BCUT2D eigenvalue weighted by atomic mass is 19.4. The summed E-state index contributed by atoms with van der Waals surface area (Å²) >= 11 is 0. The number of halogens is 3. The Morgan fingerprint density at radius 1 is 1.13 bits per heavy atom. The Morgan fingerprint density at radius 2 is 1.87 bits per heavy atom. The third-order valence-corrected chi connectivity index (χ3v) is 6.12. The second-order valence-corrected chi connectivity index (χ2v) is 8.51. The van der Waals surface area contributed by atoms with Gasteiger partial charge in [-0.05, 0) is 37.2 Å². The molecule has 162 valence electrons. The molecule has 2 aliphatic carbocycles. The first kappa shape index (κ1) is 19.6. The van der Waals surface area contributed by atoms with Gasteiger partial charge in [0.05, 0.1) is 31.1 Å². The number of pyridine rings is 1. The van der Waals surface area contributed by atoms with E-state index in [2.05, 4.69) is 24.6 Å². The fourth-order valence-corrected chi connectivity index (χ4v) is 4.02. The molecule has 10 heteroatoms. The summed E-state index contributed by atoms with van der Waals surface area (Å²) in [5, 5.41) is 0. The van der Waals surface area contributed by atoms with E-state index < -0.39 is 12.1 Å². The number of likely N-dealkylation sites (tertiary alicyclic amines) is 1. The third-order valence-electron chi connectivity index (χ3n) is 6.12. The van der Waals surface area contributed by atoms with Crippen LogP contribution in [0, 0.1) is 11.8 Å². The Bertz CT molecular complexity index is 900. The minimum Gasteiger partial charge on any atom is -0.402 e. The summed E-state index contributed by atoms with van der Waals surface area (Å²) in [6.45, 7) is 4.75. The van der Waals surface area contributed by atoms with Crippen LogP contribution in [0.5, 0.6) is 5.75 Å². The van der Waals surface area contributed by atoms with E-state index >= 15 is 0 Å². The highest BCUT2D eigenvalue weighted by Gasteiger charge is 2.47. The number of hydrogen-bond acceptors (Lipinski definition) is 6. The van der Waals surface area contributed by atoms with Gasteiger partial charge in [-0.3, -0.25) is 4.90 Å². The van der Waals surface area contributed by atoms with Gasteiger partial charge in [-0.1, -0.05) is 0 Å². The monoisotopic (exact) mass is 423 g/mol. The summed E-state index contributed by atoms with van der Waals surface area (Å²) in [7, 11) is 0. The molecule has 2 aromatic rings. The SMILES string of the molecule is C1C2CN(C3COC3)CC12.Nc1ncc(-c2cnc(C3CC3)[nH]2)cc1OC(F)(F)F. The van der Waals surface area contributed by atoms with Gasteiger partial charge in [0.2, 0.25) is 0 Å². The molecular formula is C20H24F3N5O2. The predicted molar refractivity (Wildman–Crippen MR) is 103 cm³/mol. The molecule has 0 aromatic carbocycles. The number of rotatable bonds is 4. The largest absolute Gasteiger partial charge is 0.573 e. The zero-order valence-electron chi connectivity index (χ0n) is 16.4. The smallest absolute Gasteiger partial charge is 0.402 e. The highest BCUT2D eigenvalue weighted by molar-refractivity contribution is 5.63. The van der Waals surface area contributed by atoms with Gasteiger partial charge in [0.15, 0.2) is 11.6 Å². The van der Waals surface area contributed by atoms with E-state index in [1.54, 1.807) is 6.20 Å². The van der Waals surface area contributed by atoms with Gasteiger partial charge in [0, 0.05) is 30.8 Å². The summed E-state index contributed by atoms with van der Waals surface area (Å²) in [6, 6.07) is 1.99. The van der Waals surface area contributed by atoms with E-state index in [0.717, 1.165) is 49.8 Å². The van der Waals surface area contributed by atoms with Crippen molar-refractivity contribution in [2.45, 2.75) is 37.6 Å². The molecule has 2 aliphatic heterocycles. The molecule has 4 heterocycles. The van der Waals surface area contributed by atoms with Gasteiger partial charge in [-0.25, -0.2) is 9.97 Å². The molecule has 2 unspecified atom stereocenters. The van der Waals surface area contributed by atoms with Gasteiger partial charge in [-0.2, -0.15) is 0 Å². The van der Waals surface area contributed by atoms with Crippen molar-refractivity contribution in [3.8, 4) is 17.0 Å². The predicted octanol–water partition coefficient (Wildman–Crippen LogP) is 3.17. The Kier molecular flexibility index (Phi) is 4.85. The maximum absolute atomic E-state index is 12.2. The van der Waals surface area contributed by atoms with Crippen LogP contribution in [0.4, 0.5) is 19.0 Å². The van der Waals surface area contributed by atoms with Gasteiger partial charge >= 0.3 is 6.36 Å². The first-order chi connectivity index (χ1) is 14.4. The van der Waals surface area contributed by atoms with E-state index in [-0.39, 0.29) is 5.82 Å². The molecular weight excluding hydrogens is 399 g/mol. The lowest BCUT2D eigenvalue weighted by Gasteiger charge is -2.35. The summed E-state index contributed by atoms with van der Waals surface area (Å²) in [6.07, 6.45) is 1.82. The average Bonchev–Trinajstić information content (AvgIpc) is 3.53. The van der Waals surface area contributed by atoms with Crippen molar-refractivity contribution in [2.24, 2.45) is 11.8 Å². The summed E-state index contributed by atoms with van der Waals surface area (Å²) in [5.41, 5.74) is 6.41. The molecule has 30 heavy (non-hydrogen) atoms. The number of piperidine rings is 1. The minimum absolute atomic E-state index is 0.312. The van der Waals surface area contributed by atoms with Crippen molar-refractivity contribution in [3.63, 3.8) is 0 Å². The van der Waals surface area contributed by atoms with Gasteiger partial charge in [0.1, 0.15) is 5.82 Å². The Labute approximate surface area is 171 Å². The van der Waals surface area contributed by atoms with Crippen molar-refractivity contribution < 1.29 is 22.6 Å². The van der Waals surface area contributed by atoms with Crippen molar-refractivity contribution in [2.75, 3.05) is 32.0 Å². The summed E-state index contributed by atoms with van der Waals surface area (Å²) < 4.78 is 45.7. The Morgan fingerprint density at radius 3 is 2.47 bits per heavy atom. The van der Waals surface area contributed by atoms with Crippen LogP contribution in [0.15, 0.2) is 18.5 Å². The van der Waals surface area contributed by atoms with E-state index in [1.807, 2.05) is 0 Å². The lowest BCUT2D eigenvalue weighted by atomic mass is 10.2. The molecule has 2 atom stereocenters. The molecule has 3 N–H and O–H groups in total. The molecule has 2 saturated carbocycles. The number of imidazole rings is 1. The number of nitrogens with two attached hydrogens (primary N) is 1. The molecule has 4 fully saturated rings. The molecule has 0 bridgehead atoms. The molecule has 2 saturated heterocycles.